The molecule has 1 N–H and O–H groups in total. The van der Waals surface area contributed by atoms with Crippen LogP contribution in [0, 0.1) is 0 Å². The third kappa shape index (κ3) is 5.14. The van der Waals surface area contributed by atoms with Gasteiger partial charge in [0.25, 0.3) is 0 Å². The zero-order valence-corrected chi connectivity index (χ0v) is 14.6. The molecule has 0 aliphatic heterocycles. The van der Waals surface area contributed by atoms with Crippen LogP contribution in [0.1, 0.15) is 18.6 Å². The molecule has 0 saturated heterocycles. The van der Waals surface area contributed by atoms with Gasteiger partial charge < -0.3 is 9.84 Å². The molecule has 24 heavy (non-hydrogen) atoms. The Hall–Kier alpha value is -2.26. The maximum absolute atomic E-state index is 12.0. The molecule has 130 valence electrons. The van der Waals surface area contributed by atoms with Crippen molar-refractivity contribution in [2.45, 2.75) is 24.8 Å². The smallest absolute Gasteiger partial charge is 0.240 e. The van der Waals surface area contributed by atoms with Crippen LogP contribution in [0.2, 0.25) is 0 Å². The zero-order chi connectivity index (χ0) is 17.7. The minimum atomic E-state index is -3.25. The summed E-state index contributed by atoms with van der Waals surface area (Å²) in [4.78, 5) is 18.2. The van der Waals surface area contributed by atoms with Gasteiger partial charge in [0.2, 0.25) is 11.8 Å². The Morgan fingerprint density at radius 2 is 1.96 bits per heavy atom. The maximum atomic E-state index is 12.0. The Morgan fingerprint density at radius 1 is 1.29 bits per heavy atom. The number of nitrogens with one attached hydrogen (secondary N) is 1. The number of anilines is 1. The quantitative estimate of drug-likeness (QED) is 0.795. The number of hydrogen-bond acceptors (Lipinski definition) is 7. The van der Waals surface area contributed by atoms with E-state index in [4.69, 9.17) is 4.52 Å². The molecule has 0 atom stereocenters. The minimum absolute atomic E-state index is 0.137. The molecule has 1 heterocycles. The van der Waals surface area contributed by atoms with E-state index in [1.807, 2.05) is 6.92 Å². The van der Waals surface area contributed by atoms with E-state index in [-0.39, 0.29) is 17.3 Å². The highest BCUT2D eigenvalue weighted by Gasteiger charge is 2.12. The van der Waals surface area contributed by atoms with Crippen molar-refractivity contribution >= 4 is 21.4 Å². The van der Waals surface area contributed by atoms with Crippen molar-refractivity contribution in [3.05, 3.63) is 36.0 Å². The lowest BCUT2D eigenvalue weighted by Crippen LogP contribution is -2.29. The first-order valence-corrected chi connectivity index (χ1v) is 9.27. The normalized spacial score (nSPS) is 11.7. The molecule has 0 bridgehead atoms. The molecule has 9 heteroatoms. The van der Waals surface area contributed by atoms with Crippen LogP contribution in [0.4, 0.5) is 5.69 Å². The maximum Gasteiger partial charge on any atom is 0.240 e. The second kappa shape index (κ2) is 7.54. The Morgan fingerprint density at radius 3 is 2.50 bits per heavy atom. The van der Waals surface area contributed by atoms with E-state index in [9.17, 15) is 13.2 Å². The Bertz CT molecular complexity index is 799. The predicted molar refractivity (Wildman–Crippen MR) is 88.2 cm³/mol. The van der Waals surface area contributed by atoms with Gasteiger partial charge in [-0.05, 0) is 31.3 Å². The van der Waals surface area contributed by atoms with E-state index < -0.39 is 9.84 Å². The lowest BCUT2D eigenvalue weighted by Gasteiger charge is -2.14. The fraction of sp³-hybridized carbons (Fsp3) is 0.400. The van der Waals surface area contributed by atoms with Crippen LogP contribution in [-0.2, 0) is 27.6 Å². The number of hydrogen-bond donors (Lipinski definition) is 1. The summed E-state index contributed by atoms with van der Waals surface area (Å²) >= 11 is 0. The van der Waals surface area contributed by atoms with Crippen molar-refractivity contribution in [3.63, 3.8) is 0 Å². The Balaban J connectivity index is 1.88. The first-order valence-electron chi connectivity index (χ1n) is 7.38. The van der Waals surface area contributed by atoms with Gasteiger partial charge in [-0.15, -0.1) is 0 Å². The number of sulfone groups is 1. The highest BCUT2D eigenvalue weighted by atomic mass is 32.2. The zero-order valence-electron chi connectivity index (χ0n) is 13.8. The van der Waals surface area contributed by atoms with Crippen LogP contribution in [0.15, 0.2) is 33.7 Å². The summed E-state index contributed by atoms with van der Waals surface area (Å²) in [6.45, 7) is 2.44. The number of rotatable bonds is 7. The number of likely N-dealkylation sites (N-methyl/N-ethyl adjacent to an activating group) is 1. The van der Waals surface area contributed by atoms with Gasteiger partial charge in [0.1, 0.15) is 0 Å². The second-order valence-corrected chi connectivity index (χ2v) is 7.49. The van der Waals surface area contributed by atoms with Crippen molar-refractivity contribution in [2.24, 2.45) is 0 Å². The summed E-state index contributed by atoms with van der Waals surface area (Å²) in [6.07, 6.45) is 1.83. The molecule has 0 radical (unpaired) electrons. The first-order chi connectivity index (χ1) is 11.3. The molecule has 0 aliphatic rings. The Kier molecular flexibility index (Phi) is 5.68. The van der Waals surface area contributed by atoms with Gasteiger partial charge in [0.15, 0.2) is 15.7 Å². The number of amides is 1. The summed E-state index contributed by atoms with van der Waals surface area (Å²) in [6, 6.07) is 6.03. The monoisotopic (exact) mass is 352 g/mol. The summed E-state index contributed by atoms with van der Waals surface area (Å²) in [5.41, 5.74) is 0.534. The summed E-state index contributed by atoms with van der Waals surface area (Å²) in [7, 11) is -1.48. The van der Waals surface area contributed by atoms with Gasteiger partial charge in [-0.25, -0.2) is 8.42 Å². The summed E-state index contributed by atoms with van der Waals surface area (Å²) in [5, 5.41) is 6.51. The molecule has 0 spiro atoms. The van der Waals surface area contributed by atoms with E-state index >= 15 is 0 Å². The minimum Gasteiger partial charge on any atom is -0.338 e. The lowest BCUT2D eigenvalue weighted by atomic mass is 10.3. The predicted octanol–water partition coefficient (Wildman–Crippen LogP) is 1.11. The van der Waals surface area contributed by atoms with E-state index in [1.54, 1.807) is 24.1 Å². The highest BCUT2D eigenvalue weighted by Crippen LogP contribution is 2.13. The van der Waals surface area contributed by atoms with Crippen LogP contribution < -0.4 is 5.32 Å². The molecule has 0 aliphatic carbocycles. The molecule has 1 aromatic heterocycles. The lowest BCUT2D eigenvalue weighted by molar-refractivity contribution is -0.117. The van der Waals surface area contributed by atoms with E-state index in [2.05, 4.69) is 15.5 Å². The van der Waals surface area contributed by atoms with Crippen LogP contribution >= 0.6 is 0 Å². The number of carbonyl (C=O) groups excluding carboxylic acids is 1. The molecule has 8 nitrogen and oxygen atoms in total. The first kappa shape index (κ1) is 18.1. The van der Waals surface area contributed by atoms with Gasteiger partial charge >= 0.3 is 0 Å². The average molecular weight is 352 g/mol. The largest absolute Gasteiger partial charge is 0.338 e. The standard InChI is InChI=1S/C15H20N4O4S/c1-4-13-17-15(23-18-13)10-19(2)9-14(20)16-11-5-7-12(8-6-11)24(3,21)22/h5-8H,4,9-10H2,1-3H3,(H,16,20). The van der Waals surface area contributed by atoms with Crippen molar-refractivity contribution in [3.8, 4) is 0 Å². The number of benzene rings is 1. The molecule has 2 rings (SSSR count). The van der Waals surface area contributed by atoms with Crippen LogP contribution in [-0.4, -0.2) is 49.2 Å². The van der Waals surface area contributed by atoms with Crippen molar-refractivity contribution < 1.29 is 17.7 Å². The third-order valence-corrected chi connectivity index (χ3v) is 4.34. The fourth-order valence-electron chi connectivity index (χ4n) is 2.02. The van der Waals surface area contributed by atoms with E-state index in [0.717, 1.165) is 6.26 Å². The number of carbonyl (C=O) groups is 1. The molecule has 0 fully saturated rings. The SMILES string of the molecule is CCc1noc(CN(C)CC(=O)Nc2ccc(S(C)(=O)=O)cc2)n1. The van der Waals surface area contributed by atoms with Crippen LogP contribution in [0.25, 0.3) is 0 Å². The molecule has 1 amide bonds. The van der Waals surface area contributed by atoms with Gasteiger partial charge in [0.05, 0.1) is 18.0 Å². The number of nitrogens with zero attached hydrogens (tertiary/aromatic N) is 3. The van der Waals surface area contributed by atoms with E-state index in [1.165, 1.54) is 12.1 Å². The molecule has 2 aromatic rings. The van der Waals surface area contributed by atoms with Gasteiger partial charge in [-0.2, -0.15) is 4.98 Å². The van der Waals surface area contributed by atoms with Crippen molar-refractivity contribution in [1.82, 2.24) is 15.0 Å². The Labute approximate surface area is 140 Å². The van der Waals surface area contributed by atoms with E-state index in [0.29, 0.717) is 30.4 Å². The van der Waals surface area contributed by atoms with Crippen molar-refractivity contribution in [1.29, 1.82) is 0 Å². The van der Waals surface area contributed by atoms with Crippen molar-refractivity contribution in [2.75, 3.05) is 25.2 Å². The highest BCUT2D eigenvalue weighted by molar-refractivity contribution is 7.90. The molecule has 1 aromatic carbocycles. The topological polar surface area (TPSA) is 105 Å². The third-order valence-electron chi connectivity index (χ3n) is 3.21. The van der Waals surface area contributed by atoms with Gasteiger partial charge in [0, 0.05) is 18.4 Å². The molecular weight excluding hydrogens is 332 g/mol. The van der Waals surface area contributed by atoms with Gasteiger partial charge in [-0.3, -0.25) is 9.69 Å². The second-order valence-electron chi connectivity index (χ2n) is 5.47. The molecular formula is C15H20N4O4S. The fourth-order valence-corrected chi connectivity index (χ4v) is 2.65. The van der Waals surface area contributed by atoms with Crippen LogP contribution in [0.3, 0.4) is 0 Å². The average Bonchev–Trinajstić information content (AvgIpc) is 2.94. The number of aromatic nitrogens is 2. The summed E-state index contributed by atoms with van der Waals surface area (Å²) < 4.78 is 27.9. The van der Waals surface area contributed by atoms with Crippen LogP contribution in [0.5, 0.6) is 0 Å². The molecule has 0 saturated carbocycles. The van der Waals surface area contributed by atoms with Gasteiger partial charge in [-0.1, -0.05) is 12.1 Å². The number of aryl methyl sites for hydroxylation is 1. The molecule has 0 unspecified atom stereocenters. The summed E-state index contributed by atoms with van der Waals surface area (Å²) in [5.74, 6) is 0.869.